The van der Waals surface area contributed by atoms with Gasteiger partial charge in [-0.25, -0.2) is 0 Å². The molecular weight excluding hydrogens is 374 g/mol. The van der Waals surface area contributed by atoms with Gasteiger partial charge in [0.2, 0.25) is 0 Å². The Balaban J connectivity index is 1.79. The second kappa shape index (κ2) is 10.4. The molecule has 0 aliphatic rings. The maximum atomic E-state index is 12.3. The molecule has 4 nitrogen and oxygen atoms in total. The Morgan fingerprint density at radius 1 is 1.18 bits per heavy atom. The predicted molar refractivity (Wildman–Crippen MR) is 113 cm³/mol. The van der Waals surface area contributed by atoms with Gasteiger partial charge in [-0.15, -0.1) is 6.58 Å². The first kappa shape index (κ1) is 21.4. The molecule has 0 unspecified atom stereocenters. The van der Waals surface area contributed by atoms with Gasteiger partial charge in [-0.1, -0.05) is 47.7 Å². The van der Waals surface area contributed by atoms with E-state index in [0.29, 0.717) is 10.8 Å². The van der Waals surface area contributed by atoms with Gasteiger partial charge in [0, 0.05) is 5.02 Å². The standard InChI is InChI=1S/C23H24ClNO3/c1-4-9-18-10-5-6-11-21(18)27-17-8-7-16-25-22(26)23(2,3)28-20-14-12-19(24)13-15-20/h4-6,10-15H,1,9,16-17H2,2-3H3,(H,25,26). The van der Waals surface area contributed by atoms with Crippen LogP contribution in [-0.4, -0.2) is 24.7 Å². The van der Waals surface area contributed by atoms with Gasteiger partial charge < -0.3 is 14.8 Å². The predicted octanol–water partition coefficient (Wildman–Crippen LogP) is 4.42. The molecule has 2 rings (SSSR count). The summed E-state index contributed by atoms with van der Waals surface area (Å²) in [5.74, 6) is 6.88. The van der Waals surface area contributed by atoms with Gasteiger partial charge in [-0.05, 0) is 56.2 Å². The summed E-state index contributed by atoms with van der Waals surface area (Å²) >= 11 is 5.85. The Morgan fingerprint density at radius 3 is 2.61 bits per heavy atom. The van der Waals surface area contributed by atoms with Crippen molar-refractivity contribution >= 4 is 17.5 Å². The van der Waals surface area contributed by atoms with E-state index in [0.717, 1.165) is 17.7 Å². The number of carbonyl (C=O) groups is 1. The van der Waals surface area contributed by atoms with E-state index in [-0.39, 0.29) is 19.1 Å². The Hall–Kier alpha value is -2.90. The summed E-state index contributed by atoms with van der Waals surface area (Å²) in [5, 5.41) is 3.36. The molecule has 0 radical (unpaired) electrons. The van der Waals surface area contributed by atoms with Gasteiger partial charge in [-0.2, -0.15) is 0 Å². The van der Waals surface area contributed by atoms with Crippen molar-refractivity contribution in [2.24, 2.45) is 0 Å². The van der Waals surface area contributed by atoms with Gasteiger partial charge in [0.25, 0.3) is 5.91 Å². The number of allylic oxidation sites excluding steroid dienone is 1. The smallest absolute Gasteiger partial charge is 0.264 e. The quantitative estimate of drug-likeness (QED) is 0.529. The summed E-state index contributed by atoms with van der Waals surface area (Å²) in [5.41, 5.74) is 0.0315. The molecule has 2 aromatic carbocycles. The van der Waals surface area contributed by atoms with Crippen LogP contribution in [0, 0.1) is 11.8 Å². The minimum Gasteiger partial charge on any atom is -0.481 e. The maximum Gasteiger partial charge on any atom is 0.264 e. The highest BCUT2D eigenvalue weighted by molar-refractivity contribution is 6.30. The van der Waals surface area contributed by atoms with Gasteiger partial charge in [0.15, 0.2) is 5.60 Å². The average molecular weight is 398 g/mol. The molecular formula is C23H24ClNO3. The van der Waals surface area contributed by atoms with Crippen LogP contribution in [0.5, 0.6) is 11.5 Å². The minimum absolute atomic E-state index is 0.212. The van der Waals surface area contributed by atoms with Crippen molar-refractivity contribution in [1.82, 2.24) is 5.32 Å². The van der Waals surface area contributed by atoms with Crippen LogP contribution in [-0.2, 0) is 11.2 Å². The zero-order chi connectivity index (χ0) is 20.4. The molecule has 0 atom stereocenters. The highest BCUT2D eigenvalue weighted by Crippen LogP contribution is 2.21. The fourth-order valence-electron chi connectivity index (χ4n) is 2.38. The van der Waals surface area contributed by atoms with E-state index in [9.17, 15) is 4.79 Å². The van der Waals surface area contributed by atoms with E-state index < -0.39 is 5.60 Å². The van der Waals surface area contributed by atoms with Gasteiger partial charge >= 0.3 is 0 Å². The molecule has 5 heteroatoms. The lowest BCUT2D eigenvalue weighted by molar-refractivity contribution is -0.133. The van der Waals surface area contributed by atoms with Crippen molar-refractivity contribution in [1.29, 1.82) is 0 Å². The first-order valence-electron chi connectivity index (χ1n) is 8.92. The average Bonchev–Trinajstić information content (AvgIpc) is 2.67. The number of benzene rings is 2. The second-order valence-corrected chi connectivity index (χ2v) is 6.93. The normalized spacial score (nSPS) is 10.4. The summed E-state index contributed by atoms with van der Waals surface area (Å²) in [7, 11) is 0. The van der Waals surface area contributed by atoms with Crippen molar-refractivity contribution in [2.75, 3.05) is 13.2 Å². The minimum atomic E-state index is -1.03. The molecule has 0 fully saturated rings. The van der Waals surface area contributed by atoms with E-state index in [1.165, 1.54) is 0 Å². The number of nitrogens with one attached hydrogen (secondary N) is 1. The molecule has 0 saturated carbocycles. The molecule has 0 spiro atoms. The van der Waals surface area contributed by atoms with Crippen molar-refractivity contribution in [3.05, 3.63) is 71.8 Å². The number of hydrogen-bond donors (Lipinski definition) is 1. The molecule has 0 aromatic heterocycles. The van der Waals surface area contributed by atoms with E-state index in [1.54, 1.807) is 38.1 Å². The largest absolute Gasteiger partial charge is 0.481 e. The van der Waals surface area contributed by atoms with E-state index >= 15 is 0 Å². The molecule has 1 amide bonds. The summed E-state index contributed by atoms with van der Waals surface area (Å²) in [4.78, 5) is 12.3. The van der Waals surface area contributed by atoms with Crippen molar-refractivity contribution in [2.45, 2.75) is 25.9 Å². The lowest BCUT2D eigenvalue weighted by Gasteiger charge is -2.24. The SMILES string of the molecule is C=CCc1ccccc1OCC#CCNC(=O)C(C)(C)Oc1ccc(Cl)cc1. The highest BCUT2D eigenvalue weighted by Gasteiger charge is 2.29. The van der Waals surface area contributed by atoms with Crippen LogP contribution in [0.1, 0.15) is 19.4 Å². The van der Waals surface area contributed by atoms with Crippen molar-refractivity contribution < 1.29 is 14.3 Å². The highest BCUT2D eigenvalue weighted by atomic mass is 35.5. The Bertz CT molecular complexity index is 863. The second-order valence-electron chi connectivity index (χ2n) is 6.49. The number of rotatable bonds is 8. The Labute approximate surface area is 171 Å². The molecule has 0 saturated heterocycles. The monoisotopic (exact) mass is 397 g/mol. The van der Waals surface area contributed by atoms with Crippen molar-refractivity contribution in [3.63, 3.8) is 0 Å². The number of halogens is 1. The van der Waals surface area contributed by atoms with Crippen molar-refractivity contribution in [3.8, 4) is 23.3 Å². The van der Waals surface area contributed by atoms with Crippen LogP contribution in [0.3, 0.4) is 0 Å². The number of para-hydroxylation sites is 1. The molecule has 0 aliphatic carbocycles. The zero-order valence-corrected chi connectivity index (χ0v) is 16.9. The first-order chi connectivity index (χ1) is 13.4. The summed E-state index contributed by atoms with van der Waals surface area (Å²) in [6, 6.07) is 14.6. The van der Waals surface area contributed by atoms with Crippen LogP contribution in [0.15, 0.2) is 61.2 Å². The topological polar surface area (TPSA) is 47.6 Å². The van der Waals surface area contributed by atoms with Crippen LogP contribution < -0.4 is 14.8 Å². The number of hydrogen-bond acceptors (Lipinski definition) is 3. The van der Waals surface area contributed by atoms with Gasteiger partial charge in [0.05, 0.1) is 6.54 Å². The van der Waals surface area contributed by atoms with Crippen LogP contribution >= 0.6 is 11.6 Å². The summed E-state index contributed by atoms with van der Waals surface area (Å²) < 4.78 is 11.4. The Morgan fingerprint density at radius 2 is 1.89 bits per heavy atom. The summed E-state index contributed by atoms with van der Waals surface area (Å²) in [6.07, 6.45) is 2.57. The Kier molecular flexibility index (Phi) is 7.98. The van der Waals surface area contributed by atoms with Crippen LogP contribution in [0.4, 0.5) is 0 Å². The van der Waals surface area contributed by atoms with Gasteiger partial charge in [-0.3, -0.25) is 4.79 Å². The molecule has 28 heavy (non-hydrogen) atoms. The fraction of sp³-hybridized carbons (Fsp3) is 0.261. The molecule has 146 valence electrons. The third-order valence-electron chi connectivity index (χ3n) is 3.83. The number of amides is 1. The first-order valence-corrected chi connectivity index (χ1v) is 9.30. The van der Waals surface area contributed by atoms with E-state index in [2.05, 4.69) is 23.7 Å². The van der Waals surface area contributed by atoms with E-state index in [1.807, 2.05) is 30.3 Å². The molecule has 0 heterocycles. The lowest BCUT2D eigenvalue weighted by Crippen LogP contribution is -2.46. The lowest BCUT2D eigenvalue weighted by atomic mass is 10.1. The van der Waals surface area contributed by atoms with Gasteiger partial charge in [0.1, 0.15) is 18.1 Å². The third kappa shape index (κ3) is 6.68. The van der Waals surface area contributed by atoms with Crippen LogP contribution in [0.2, 0.25) is 5.02 Å². The maximum absolute atomic E-state index is 12.3. The fourth-order valence-corrected chi connectivity index (χ4v) is 2.50. The van der Waals surface area contributed by atoms with Crippen LogP contribution in [0.25, 0.3) is 0 Å². The zero-order valence-electron chi connectivity index (χ0n) is 16.1. The molecule has 0 bridgehead atoms. The number of carbonyl (C=O) groups excluding carboxylic acids is 1. The number of ether oxygens (including phenoxy) is 2. The molecule has 1 N–H and O–H groups in total. The summed E-state index contributed by atoms with van der Waals surface area (Å²) in [6.45, 7) is 7.60. The third-order valence-corrected chi connectivity index (χ3v) is 4.08. The molecule has 0 aliphatic heterocycles. The molecule has 2 aromatic rings. The van der Waals surface area contributed by atoms with E-state index in [4.69, 9.17) is 21.1 Å².